The molecule has 1 aliphatic carbocycles. The molecule has 122 valence electrons. The quantitative estimate of drug-likeness (QED) is 0.710. The van der Waals surface area contributed by atoms with Crippen LogP contribution in [0.15, 0.2) is 0 Å². The number of hydrogen-bond acceptors (Lipinski definition) is 3. The SMILES string of the molecule is CC(C)CC1(C(=O)NCCOC2CCNCC2)CCCC1. The van der Waals surface area contributed by atoms with Gasteiger partial charge in [0, 0.05) is 12.0 Å². The van der Waals surface area contributed by atoms with Gasteiger partial charge in [-0.05, 0) is 51.1 Å². The highest BCUT2D eigenvalue weighted by Gasteiger charge is 2.40. The second-order valence-corrected chi connectivity index (χ2v) is 7.16. The maximum absolute atomic E-state index is 12.6. The van der Waals surface area contributed by atoms with Crippen LogP contribution in [0.1, 0.15) is 58.8 Å². The molecule has 0 aromatic rings. The molecule has 1 saturated carbocycles. The fraction of sp³-hybridized carbons (Fsp3) is 0.941. The number of rotatable bonds is 7. The van der Waals surface area contributed by atoms with E-state index in [9.17, 15) is 4.79 Å². The Morgan fingerprint density at radius 2 is 1.95 bits per heavy atom. The minimum Gasteiger partial charge on any atom is -0.376 e. The van der Waals surface area contributed by atoms with Crippen LogP contribution in [0.25, 0.3) is 0 Å². The minimum atomic E-state index is -0.0943. The molecule has 0 aromatic carbocycles. The molecule has 1 aliphatic heterocycles. The number of piperidine rings is 1. The van der Waals surface area contributed by atoms with E-state index < -0.39 is 0 Å². The summed E-state index contributed by atoms with van der Waals surface area (Å²) in [5.41, 5.74) is -0.0943. The second-order valence-electron chi connectivity index (χ2n) is 7.16. The molecule has 1 amide bonds. The Morgan fingerprint density at radius 3 is 2.57 bits per heavy atom. The third-order valence-electron chi connectivity index (χ3n) is 4.87. The first-order valence-electron chi connectivity index (χ1n) is 8.73. The monoisotopic (exact) mass is 296 g/mol. The van der Waals surface area contributed by atoms with E-state index in [0.717, 1.165) is 45.2 Å². The molecule has 0 aromatic heterocycles. The van der Waals surface area contributed by atoms with Crippen LogP contribution in [0.2, 0.25) is 0 Å². The molecular weight excluding hydrogens is 264 g/mol. The van der Waals surface area contributed by atoms with E-state index in [0.29, 0.717) is 25.2 Å². The van der Waals surface area contributed by atoms with Gasteiger partial charge in [-0.15, -0.1) is 0 Å². The molecule has 0 spiro atoms. The van der Waals surface area contributed by atoms with Gasteiger partial charge in [0.15, 0.2) is 0 Å². The van der Waals surface area contributed by atoms with Crippen molar-refractivity contribution < 1.29 is 9.53 Å². The van der Waals surface area contributed by atoms with E-state index in [1.807, 2.05) is 0 Å². The summed E-state index contributed by atoms with van der Waals surface area (Å²) in [4.78, 5) is 12.6. The highest BCUT2D eigenvalue weighted by atomic mass is 16.5. The number of carbonyl (C=O) groups is 1. The van der Waals surface area contributed by atoms with Gasteiger partial charge in [-0.2, -0.15) is 0 Å². The number of ether oxygens (including phenoxy) is 1. The van der Waals surface area contributed by atoms with Crippen molar-refractivity contribution in [2.24, 2.45) is 11.3 Å². The summed E-state index contributed by atoms with van der Waals surface area (Å²) in [6.45, 7) is 7.83. The van der Waals surface area contributed by atoms with Crippen LogP contribution in [0.5, 0.6) is 0 Å². The summed E-state index contributed by atoms with van der Waals surface area (Å²) in [5.74, 6) is 0.849. The van der Waals surface area contributed by atoms with Gasteiger partial charge >= 0.3 is 0 Å². The molecule has 1 saturated heterocycles. The Balaban J connectivity index is 1.69. The van der Waals surface area contributed by atoms with E-state index >= 15 is 0 Å². The molecule has 0 atom stereocenters. The summed E-state index contributed by atoms with van der Waals surface area (Å²) >= 11 is 0. The molecule has 0 bridgehead atoms. The van der Waals surface area contributed by atoms with Crippen LogP contribution in [-0.2, 0) is 9.53 Å². The lowest BCUT2D eigenvalue weighted by Gasteiger charge is -2.29. The molecule has 0 radical (unpaired) electrons. The Morgan fingerprint density at radius 1 is 1.29 bits per heavy atom. The number of hydrogen-bond donors (Lipinski definition) is 2. The summed E-state index contributed by atoms with van der Waals surface area (Å²) in [6.07, 6.45) is 8.10. The molecule has 0 unspecified atom stereocenters. The number of nitrogens with one attached hydrogen (secondary N) is 2. The molecule has 21 heavy (non-hydrogen) atoms. The van der Waals surface area contributed by atoms with Gasteiger partial charge in [-0.25, -0.2) is 0 Å². The Hall–Kier alpha value is -0.610. The number of amides is 1. The first-order valence-corrected chi connectivity index (χ1v) is 8.73. The standard InChI is InChI=1S/C17H32N2O2/c1-14(2)13-17(7-3-4-8-17)16(20)19-11-12-21-15-5-9-18-10-6-15/h14-15,18H,3-13H2,1-2H3,(H,19,20). The van der Waals surface area contributed by atoms with Crippen LogP contribution in [0.3, 0.4) is 0 Å². The topological polar surface area (TPSA) is 50.4 Å². The summed E-state index contributed by atoms with van der Waals surface area (Å²) in [5, 5.41) is 6.46. The highest BCUT2D eigenvalue weighted by Crippen LogP contribution is 2.43. The predicted molar refractivity (Wildman–Crippen MR) is 85.2 cm³/mol. The molecule has 1 heterocycles. The second kappa shape index (κ2) is 8.14. The summed E-state index contributed by atoms with van der Waals surface area (Å²) in [6, 6.07) is 0. The highest BCUT2D eigenvalue weighted by molar-refractivity contribution is 5.82. The van der Waals surface area contributed by atoms with Gasteiger partial charge in [-0.1, -0.05) is 26.7 Å². The van der Waals surface area contributed by atoms with Crippen molar-refractivity contribution in [3.8, 4) is 0 Å². The lowest BCUT2D eigenvalue weighted by Crippen LogP contribution is -2.42. The van der Waals surface area contributed by atoms with Crippen molar-refractivity contribution in [3.63, 3.8) is 0 Å². The first kappa shape index (κ1) is 16.8. The fourth-order valence-corrected chi connectivity index (χ4v) is 3.90. The van der Waals surface area contributed by atoms with Crippen molar-refractivity contribution in [1.82, 2.24) is 10.6 Å². The van der Waals surface area contributed by atoms with Crippen LogP contribution in [0, 0.1) is 11.3 Å². The Bertz CT molecular complexity index is 319. The van der Waals surface area contributed by atoms with Gasteiger partial charge in [0.2, 0.25) is 5.91 Å². The zero-order chi connectivity index (χ0) is 15.1. The lowest BCUT2D eigenvalue weighted by molar-refractivity contribution is -0.132. The fourth-order valence-electron chi connectivity index (χ4n) is 3.90. The third kappa shape index (κ3) is 4.96. The smallest absolute Gasteiger partial charge is 0.226 e. The maximum atomic E-state index is 12.6. The third-order valence-corrected chi connectivity index (χ3v) is 4.87. The zero-order valence-electron chi connectivity index (χ0n) is 13.7. The van der Waals surface area contributed by atoms with Gasteiger partial charge in [-0.3, -0.25) is 4.79 Å². The van der Waals surface area contributed by atoms with Gasteiger partial charge in [0.1, 0.15) is 0 Å². The molecule has 4 nitrogen and oxygen atoms in total. The van der Waals surface area contributed by atoms with Crippen LogP contribution in [0.4, 0.5) is 0 Å². The van der Waals surface area contributed by atoms with Crippen molar-refractivity contribution in [1.29, 1.82) is 0 Å². The summed E-state index contributed by atoms with van der Waals surface area (Å²) < 4.78 is 5.86. The molecule has 4 heteroatoms. The van der Waals surface area contributed by atoms with Crippen molar-refractivity contribution in [2.45, 2.75) is 64.9 Å². The van der Waals surface area contributed by atoms with Crippen LogP contribution >= 0.6 is 0 Å². The molecular formula is C17H32N2O2. The Kier molecular flexibility index (Phi) is 6.49. The van der Waals surface area contributed by atoms with E-state index in [1.165, 1.54) is 12.8 Å². The minimum absolute atomic E-state index is 0.0943. The Labute approximate surface area is 129 Å². The summed E-state index contributed by atoms with van der Waals surface area (Å²) in [7, 11) is 0. The lowest BCUT2D eigenvalue weighted by atomic mass is 9.77. The van der Waals surface area contributed by atoms with Crippen molar-refractivity contribution in [3.05, 3.63) is 0 Å². The number of carbonyl (C=O) groups excluding carboxylic acids is 1. The zero-order valence-corrected chi connectivity index (χ0v) is 13.7. The van der Waals surface area contributed by atoms with Crippen molar-refractivity contribution in [2.75, 3.05) is 26.2 Å². The molecule has 2 fully saturated rings. The normalized spacial score (nSPS) is 22.6. The molecule has 2 aliphatic rings. The van der Waals surface area contributed by atoms with Gasteiger partial charge in [0.25, 0.3) is 0 Å². The average Bonchev–Trinajstić information content (AvgIpc) is 2.93. The van der Waals surface area contributed by atoms with E-state index in [-0.39, 0.29) is 11.3 Å². The van der Waals surface area contributed by atoms with Crippen molar-refractivity contribution >= 4 is 5.91 Å². The van der Waals surface area contributed by atoms with Crippen LogP contribution in [-0.4, -0.2) is 38.3 Å². The van der Waals surface area contributed by atoms with E-state index in [1.54, 1.807) is 0 Å². The van der Waals surface area contributed by atoms with Gasteiger partial charge < -0.3 is 15.4 Å². The first-order chi connectivity index (χ1) is 10.1. The van der Waals surface area contributed by atoms with E-state index in [2.05, 4.69) is 24.5 Å². The molecule has 2 N–H and O–H groups in total. The predicted octanol–water partition coefficient (Wildman–Crippen LogP) is 2.48. The molecule has 2 rings (SSSR count). The van der Waals surface area contributed by atoms with E-state index in [4.69, 9.17) is 4.74 Å². The van der Waals surface area contributed by atoms with Crippen LogP contribution < -0.4 is 10.6 Å². The van der Waals surface area contributed by atoms with Gasteiger partial charge in [0.05, 0.1) is 12.7 Å². The average molecular weight is 296 g/mol. The largest absolute Gasteiger partial charge is 0.376 e. The maximum Gasteiger partial charge on any atom is 0.226 e.